The summed E-state index contributed by atoms with van der Waals surface area (Å²) in [6.45, 7) is 0. The number of pyridine rings is 1. The molecule has 0 amide bonds. The molecule has 4 rings (SSSR count). The summed E-state index contributed by atoms with van der Waals surface area (Å²) >= 11 is 3.34. The molecule has 2 heterocycles. The largest absolute Gasteiger partial charge is 0.318 e. The van der Waals surface area contributed by atoms with Gasteiger partial charge in [0.2, 0.25) is 0 Å². The second-order valence-corrected chi connectivity index (χ2v) is 8.23. The van der Waals surface area contributed by atoms with Crippen LogP contribution in [0.25, 0.3) is 21.7 Å². The molecule has 26 heavy (non-hydrogen) atoms. The molecule has 0 atom stereocenters. The quantitative estimate of drug-likeness (QED) is 0.375. The van der Waals surface area contributed by atoms with Gasteiger partial charge < -0.3 is 4.98 Å². The number of rotatable bonds is 2. The molecular weight excluding hydrogens is 565 g/mol. The fourth-order valence-electron chi connectivity index (χ4n) is 3.02. The van der Waals surface area contributed by atoms with Gasteiger partial charge in [-0.2, -0.15) is 12.1 Å². The van der Waals surface area contributed by atoms with Crippen LogP contribution < -0.4 is 0 Å². The maximum atomic E-state index is 9.56. The molecule has 1 aliphatic rings. The van der Waals surface area contributed by atoms with E-state index in [0.717, 1.165) is 12.1 Å². The Kier molecular flexibility index (Phi) is 9.21. The molecule has 140 valence electrons. The van der Waals surface area contributed by atoms with Crippen molar-refractivity contribution in [2.24, 2.45) is 0 Å². The van der Waals surface area contributed by atoms with Crippen molar-refractivity contribution in [1.29, 1.82) is 0 Å². The minimum atomic E-state index is -0.611. The van der Waals surface area contributed by atoms with Crippen molar-refractivity contribution in [3.8, 4) is 21.7 Å². The Morgan fingerprint density at radius 1 is 1.15 bits per heavy atom. The zero-order valence-electron chi connectivity index (χ0n) is 14.6. The van der Waals surface area contributed by atoms with Gasteiger partial charge in [0, 0.05) is 35.1 Å². The molecular formula is C20H20ClNOPtS2. The number of halogens is 1. The Labute approximate surface area is 177 Å². The van der Waals surface area contributed by atoms with Crippen molar-refractivity contribution in [3.05, 3.63) is 65.2 Å². The van der Waals surface area contributed by atoms with Crippen LogP contribution in [0.4, 0.5) is 0 Å². The first-order valence-corrected chi connectivity index (χ1v) is 13.7. The van der Waals surface area contributed by atoms with Gasteiger partial charge in [-0.1, -0.05) is 40.8 Å². The van der Waals surface area contributed by atoms with Crippen LogP contribution >= 0.6 is 20.8 Å². The molecule has 2 nitrogen and oxygen atoms in total. The smallest absolute Gasteiger partial charge is 0.0206 e. The van der Waals surface area contributed by atoms with Gasteiger partial charge in [-0.25, -0.2) is 11.3 Å². The van der Waals surface area contributed by atoms with E-state index in [4.69, 9.17) is 4.98 Å². The molecule has 2 aromatic heterocycles. The first-order valence-electron chi connectivity index (χ1n) is 8.05. The molecule has 0 fully saturated rings. The van der Waals surface area contributed by atoms with Crippen molar-refractivity contribution >= 4 is 31.6 Å². The first kappa shape index (κ1) is 21.5. The molecule has 0 aliphatic heterocycles. The molecule has 0 spiro atoms. The molecule has 3 aromatic rings. The summed E-state index contributed by atoms with van der Waals surface area (Å²) in [4.78, 5) is 5.92. The Balaban J connectivity index is 0.000000361. The van der Waals surface area contributed by atoms with Crippen molar-refractivity contribution in [3.63, 3.8) is 0 Å². The summed E-state index contributed by atoms with van der Waals surface area (Å²) in [5, 5.41) is 2.07. The van der Waals surface area contributed by atoms with Gasteiger partial charge in [0.15, 0.2) is 0 Å². The minimum absolute atomic E-state index is 0.611. The van der Waals surface area contributed by atoms with E-state index in [0.29, 0.717) is 0 Å². The summed E-state index contributed by atoms with van der Waals surface area (Å²) in [6.07, 6.45) is 8.87. The third-order valence-electron chi connectivity index (χ3n) is 3.92. The van der Waals surface area contributed by atoms with E-state index in [2.05, 4.69) is 51.2 Å². The molecule has 1 aromatic carbocycles. The fraction of sp³-hybridized carbons (Fsp3) is 0.250. The molecule has 1 aliphatic carbocycles. The average molecular weight is 585 g/mol. The molecule has 0 N–H and O–H groups in total. The van der Waals surface area contributed by atoms with Crippen LogP contribution in [0, 0.1) is 6.07 Å². The van der Waals surface area contributed by atoms with Crippen molar-refractivity contribution in [2.75, 3.05) is 12.5 Å². The number of hydrogen-bond acceptors (Lipinski definition) is 3. The standard InChI is InChI=1S/C18H14NS.C2H6OS.ClH.Pt/c1-2-6-13(7-3-1)16-12-19-18(17-10-5-11-20-17)15-9-4-8-14(15)16;1-4(2)3;;/h1-3,5-7,11-12H,4,8-9H2;1-2H3;1H;/q-1;;;+2/p-1. The number of hydrogen-bond donors (Lipinski definition) is 0. The van der Waals surface area contributed by atoms with Crippen molar-refractivity contribution in [2.45, 2.75) is 19.3 Å². The maximum Gasteiger partial charge on any atom is 0.0206 e. The summed E-state index contributed by atoms with van der Waals surface area (Å²) < 4.78 is 9.56. The van der Waals surface area contributed by atoms with E-state index >= 15 is 0 Å². The van der Waals surface area contributed by atoms with Crippen LogP contribution in [0.1, 0.15) is 17.5 Å². The van der Waals surface area contributed by atoms with Gasteiger partial charge in [-0.15, -0.1) is 5.38 Å². The van der Waals surface area contributed by atoms with E-state index in [1.165, 1.54) is 40.0 Å². The van der Waals surface area contributed by atoms with Crippen LogP contribution in [0.5, 0.6) is 0 Å². The first-order chi connectivity index (χ1) is 12.7. The van der Waals surface area contributed by atoms with E-state index in [9.17, 15) is 4.21 Å². The zero-order valence-corrected chi connectivity index (χ0v) is 19.3. The summed E-state index contributed by atoms with van der Waals surface area (Å²) in [7, 11) is 4.00. The van der Waals surface area contributed by atoms with Gasteiger partial charge in [0.25, 0.3) is 0 Å². The Bertz CT molecular complexity index is 835. The number of nitrogens with zero attached hydrogens (tertiary/aromatic N) is 1. The van der Waals surface area contributed by atoms with Crippen LogP contribution in [0.3, 0.4) is 0 Å². The molecule has 0 saturated heterocycles. The van der Waals surface area contributed by atoms with E-state index < -0.39 is 10.8 Å². The number of benzene rings is 1. The van der Waals surface area contributed by atoms with Gasteiger partial charge in [0.05, 0.1) is 0 Å². The predicted octanol–water partition coefficient (Wildman–Crippen LogP) is 5.45. The average Bonchev–Trinajstić information content (AvgIpc) is 3.35. The third kappa shape index (κ3) is 5.60. The molecule has 6 heteroatoms. The Morgan fingerprint density at radius 3 is 2.42 bits per heavy atom. The van der Waals surface area contributed by atoms with Crippen LogP contribution in [-0.4, -0.2) is 21.7 Å². The maximum absolute atomic E-state index is 9.56. The SMILES string of the molecule is CS(C)=O.[Cl][Pt+].[c-]1ccsc1-c1ncc(-c2ccccc2)c2c1CCC2. The summed E-state index contributed by atoms with van der Waals surface area (Å²) in [6, 6.07) is 15.9. The number of thiophene rings is 1. The Morgan fingerprint density at radius 2 is 1.81 bits per heavy atom. The summed E-state index contributed by atoms with van der Waals surface area (Å²) in [5.41, 5.74) is 6.65. The third-order valence-corrected chi connectivity index (χ3v) is 4.74. The van der Waals surface area contributed by atoms with E-state index in [1.807, 2.05) is 12.3 Å². The van der Waals surface area contributed by atoms with E-state index in [1.54, 1.807) is 42.6 Å². The Hall–Kier alpha value is -0.802. The normalized spacial score (nSPS) is 11.9. The van der Waals surface area contributed by atoms with E-state index in [-0.39, 0.29) is 0 Å². The van der Waals surface area contributed by atoms with Gasteiger partial charge in [-0.05, 0) is 36.1 Å². The monoisotopic (exact) mass is 584 g/mol. The van der Waals surface area contributed by atoms with Crippen molar-refractivity contribution in [1.82, 2.24) is 4.98 Å². The van der Waals surface area contributed by atoms with Crippen molar-refractivity contribution < 1.29 is 23.0 Å². The summed E-state index contributed by atoms with van der Waals surface area (Å²) in [5.74, 6) is 0. The molecule has 0 bridgehead atoms. The second kappa shape index (κ2) is 11.1. The number of fused-ring (bicyclic) bond motifs is 1. The molecule has 0 saturated carbocycles. The van der Waals surface area contributed by atoms with Crippen LogP contribution in [0.2, 0.25) is 0 Å². The van der Waals surface area contributed by atoms with Crippen LogP contribution in [0.15, 0.2) is 48.0 Å². The minimum Gasteiger partial charge on any atom is -0.318 e. The topological polar surface area (TPSA) is 30.0 Å². The molecule has 0 unspecified atom stereocenters. The zero-order chi connectivity index (χ0) is 18.9. The van der Waals surface area contributed by atoms with Gasteiger partial charge >= 0.3 is 28.2 Å². The number of aromatic nitrogens is 1. The van der Waals surface area contributed by atoms with Gasteiger partial charge in [-0.3, -0.25) is 4.21 Å². The molecule has 0 radical (unpaired) electrons. The second-order valence-electron chi connectivity index (χ2n) is 5.83. The fourth-order valence-corrected chi connectivity index (χ4v) is 3.72. The predicted molar refractivity (Wildman–Crippen MR) is 110 cm³/mol. The van der Waals surface area contributed by atoms with Crippen LogP contribution in [-0.2, 0) is 42.4 Å². The van der Waals surface area contributed by atoms with Gasteiger partial charge in [0.1, 0.15) is 0 Å².